The zero-order chi connectivity index (χ0) is 13.5. The molecule has 17 heavy (non-hydrogen) atoms. The normalized spacial score (nSPS) is 17.3. The van der Waals surface area contributed by atoms with Gasteiger partial charge in [0.2, 0.25) is 0 Å². The lowest BCUT2D eigenvalue weighted by atomic mass is 9.97. The minimum Gasteiger partial charge on any atom is -0.375 e. The minimum absolute atomic E-state index is 0.535. The second kappa shape index (κ2) is 16.0. The third-order valence-corrected chi connectivity index (χ3v) is 3.00. The van der Waals surface area contributed by atoms with E-state index in [2.05, 4.69) is 13.8 Å². The maximum Gasteiger partial charge on any atom is 0.0578 e. The molecule has 1 aliphatic carbocycles. The van der Waals surface area contributed by atoms with Crippen LogP contribution in [0.5, 0.6) is 0 Å². The van der Waals surface area contributed by atoms with E-state index in [0.717, 1.165) is 0 Å². The van der Waals surface area contributed by atoms with E-state index in [-0.39, 0.29) is 0 Å². The molecular weight excluding hydrogens is 208 g/mol. The lowest BCUT2D eigenvalue weighted by Gasteiger charge is -2.26. The Morgan fingerprint density at radius 1 is 0.941 bits per heavy atom. The van der Waals surface area contributed by atoms with E-state index >= 15 is 0 Å². The Labute approximate surface area is 110 Å². The molecule has 1 saturated carbocycles. The molecule has 0 amide bonds. The van der Waals surface area contributed by atoms with Gasteiger partial charge < -0.3 is 4.74 Å². The molecule has 1 aliphatic rings. The predicted molar refractivity (Wildman–Crippen MR) is 79.6 cm³/mol. The highest BCUT2D eigenvalue weighted by molar-refractivity contribution is 4.67. The van der Waals surface area contributed by atoms with E-state index in [1.54, 1.807) is 0 Å². The highest BCUT2D eigenvalue weighted by Gasteiger charge is 2.17. The fraction of sp³-hybridized carbons (Fsp3) is 1.00. The first kappa shape index (κ1) is 19.3. The standard InChI is InChI=1S/C12H24O.2C2H6/c1-3-8-11(4-2)13-12-9-6-5-7-10-12;2*1-2/h11-12H,3-10H2,1-2H3;2*1-2H3. The molecule has 1 unspecified atom stereocenters. The van der Waals surface area contributed by atoms with Crippen LogP contribution < -0.4 is 0 Å². The van der Waals surface area contributed by atoms with E-state index in [0.29, 0.717) is 12.2 Å². The Morgan fingerprint density at radius 3 is 1.88 bits per heavy atom. The molecule has 1 nitrogen and oxygen atoms in total. The Bertz CT molecular complexity index is 114. The lowest BCUT2D eigenvalue weighted by Crippen LogP contribution is -2.23. The highest BCUT2D eigenvalue weighted by atomic mass is 16.5. The molecule has 0 aromatic carbocycles. The van der Waals surface area contributed by atoms with Gasteiger partial charge in [0.25, 0.3) is 0 Å². The van der Waals surface area contributed by atoms with Gasteiger partial charge >= 0.3 is 0 Å². The molecule has 0 aromatic rings. The number of rotatable bonds is 5. The Kier molecular flexibility index (Phi) is 18.1. The van der Waals surface area contributed by atoms with E-state index in [1.807, 2.05) is 27.7 Å². The maximum absolute atomic E-state index is 6.08. The fourth-order valence-corrected chi connectivity index (χ4v) is 2.16. The molecule has 0 spiro atoms. The molecule has 0 aliphatic heterocycles. The molecule has 1 atom stereocenters. The van der Waals surface area contributed by atoms with Crippen LogP contribution in [0.2, 0.25) is 0 Å². The average Bonchev–Trinajstić information content (AvgIpc) is 2.44. The van der Waals surface area contributed by atoms with Crippen molar-refractivity contribution in [1.29, 1.82) is 0 Å². The summed E-state index contributed by atoms with van der Waals surface area (Å²) in [5.74, 6) is 0. The van der Waals surface area contributed by atoms with Crippen LogP contribution in [-0.2, 0) is 4.74 Å². The zero-order valence-electron chi connectivity index (χ0n) is 13.2. The third kappa shape index (κ3) is 10.8. The monoisotopic (exact) mass is 244 g/mol. The summed E-state index contributed by atoms with van der Waals surface area (Å²) in [6.45, 7) is 12.5. The molecule has 0 N–H and O–H groups in total. The predicted octanol–water partition coefficient (Wildman–Crippen LogP) is 5.97. The minimum atomic E-state index is 0.535. The Hall–Kier alpha value is -0.0400. The molecular formula is C16H36O. The first-order valence-electron chi connectivity index (χ1n) is 8.02. The summed E-state index contributed by atoms with van der Waals surface area (Å²) in [6, 6.07) is 0. The van der Waals surface area contributed by atoms with Crippen LogP contribution in [-0.4, -0.2) is 12.2 Å². The summed E-state index contributed by atoms with van der Waals surface area (Å²) < 4.78 is 6.08. The van der Waals surface area contributed by atoms with Crippen molar-refractivity contribution in [3.05, 3.63) is 0 Å². The van der Waals surface area contributed by atoms with Crippen LogP contribution in [0, 0.1) is 0 Å². The summed E-state index contributed by atoms with van der Waals surface area (Å²) in [5.41, 5.74) is 0. The Morgan fingerprint density at radius 2 is 1.47 bits per heavy atom. The van der Waals surface area contributed by atoms with Gasteiger partial charge in [0.1, 0.15) is 0 Å². The van der Waals surface area contributed by atoms with E-state index < -0.39 is 0 Å². The number of hydrogen-bond acceptors (Lipinski definition) is 1. The molecule has 106 valence electrons. The Balaban J connectivity index is 0. The smallest absolute Gasteiger partial charge is 0.0578 e. The van der Waals surface area contributed by atoms with Crippen molar-refractivity contribution in [2.24, 2.45) is 0 Å². The summed E-state index contributed by atoms with van der Waals surface area (Å²) in [6.07, 6.45) is 11.6. The maximum atomic E-state index is 6.08. The second-order valence-electron chi connectivity index (χ2n) is 4.22. The molecule has 1 fully saturated rings. The van der Waals surface area contributed by atoms with E-state index in [9.17, 15) is 0 Å². The summed E-state index contributed by atoms with van der Waals surface area (Å²) in [4.78, 5) is 0. The van der Waals surface area contributed by atoms with Gasteiger partial charge in [-0.15, -0.1) is 0 Å². The van der Waals surface area contributed by atoms with E-state index in [1.165, 1.54) is 51.4 Å². The quantitative estimate of drug-likeness (QED) is 0.579. The number of hydrogen-bond donors (Lipinski definition) is 0. The van der Waals surface area contributed by atoms with Gasteiger partial charge in [-0.3, -0.25) is 0 Å². The van der Waals surface area contributed by atoms with Crippen molar-refractivity contribution in [3.8, 4) is 0 Å². The zero-order valence-corrected chi connectivity index (χ0v) is 13.2. The first-order chi connectivity index (χ1) is 8.36. The van der Waals surface area contributed by atoms with Gasteiger partial charge in [-0.05, 0) is 25.7 Å². The molecule has 0 saturated heterocycles. The SMILES string of the molecule is CC.CC.CCCC(CC)OC1CCCCC1. The molecule has 0 bridgehead atoms. The molecule has 0 aromatic heterocycles. The van der Waals surface area contributed by atoms with Crippen molar-refractivity contribution in [2.45, 2.75) is 105 Å². The van der Waals surface area contributed by atoms with Crippen LogP contribution in [0.1, 0.15) is 92.9 Å². The lowest BCUT2D eigenvalue weighted by molar-refractivity contribution is -0.0350. The van der Waals surface area contributed by atoms with Crippen LogP contribution >= 0.6 is 0 Å². The third-order valence-electron chi connectivity index (χ3n) is 3.00. The fourth-order valence-electron chi connectivity index (χ4n) is 2.16. The average molecular weight is 244 g/mol. The van der Waals surface area contributed by atoms with Gasteiger partial charge in [0.15, 0.2) is 0 Å². The second-order valence-corrected chi connectivity index (χ2v) is 4.22. The van der Waals surface area contributed by atoms with Crippen LogP contribution in [0.25, 0.3) is 0 Å². The number of ether oxygens (including phenoxy) is 1. The van der Waals surface area contributed by atoms with Gasteiger partial charge in [-0.2, -0.15) is 0 Å². The van der Waals surface area contributed by atoms with Crippen molar-refractivity contribution in [2.75, 3.05) is 0 Å². The topological polar surface area (TPSA) is 9.23 Å². The molecule has 1 rings (SSSR count). The molecule has 1 heteroatoms. The van der Waals surface area contributed by atoms with Crippen LogP contribution in [0.3, 0.4) is 0 Å². The van der Waals surface area contributed by atoms with Crippen LogP contribution in [0.4, 0.5) is 0 Å². The van der Waals surface area contributed by atoms with Crippen molar-refractivity contribution >= 4 is 0 Å². The van der Waals surface area contributed by atoms with Gasteiger partial charge in [0, 0.05) is 0 Å². The van der Waals surface area contributed by atoms with E-state index in [4.69, 9.17) is 4.74 Å². The highest BCUT2D eigenvalue weighted by Crippen LogP contribution is 2.23. The van der Waals surface area contributed by atoms with Gasteiger partial charge in [-0.25, -0.2) is 0 Å². The van der Waals surface area contributed by atoms with Crippen molar-refractivity contribution in [1.82, 2.24) is 0 Å². The molecule has 0 radical (unpaired) electrons. The van der Waals surface area contributed by atoms with Crippen LogP contribution in [0.15, 0.2) is 0 Å². The summed E-state index contributed by atoms with van der Waals surface area (Å²) in [7, 11) is 0. The van der Waals surface area contributed by atoms with Crippen molar-refractivity contribution in [3.63, 3.8) is 0 Å². The summed E-state index contributed by atoms with van der Waals surface area (Å²) in [5, 5.41) is 0. The van der Waals surface area contributed by atoms with Gasteiger partial charge in [0.05, 0.1) is 12.2 Å². The summed E-state index contributed by atoms with van der Waals surface area (Å²) >= 11 is 0. The van der Waals surface area contributed by atoms with Crippen molar-refractivity contribution < 1.29 is 4.74 Å². The first-order valence-corrected chi connectivity index (χ1v) is 8.02. The van der Waals surface area contributed by atoms with Gasteiger partial charge in [-0.1, -0.05) is 67.2 Å². The molecule has 0 heterocycles. The largest absolute Gasteiger partial charge is 0.375 e.